The third kappa shape index (κ3) is 4.15. The smallest absolute Gasteiger partial charge is 0.127 e. The lowest BCUT2D eigenvalue weighted by atomic mass is 10.1. The van der Waals surface area contributed by atoms with Gasteiger partial charge in [-0.3, -0.25) is 0 Å². The van der Waals surface area contributed by atoms with E-state index in [1.165, 1.54) is 30.3 Å². The molecule has 2 aromatic rings. The van der Waals surface area contributed by atoms with Crippen LogP contribution in [0, 0.1) is 12.7 Å². The lowest BCUT2D eigenvalue weighted by Crippen LogP contribution is -3.27. The van der Waals surface area contributed by atoms with Crippen molar-refractivity contribution < 1.29 is 14.2 Å². The molecule has 1 fully saturated rings. The molecule has 0 aromatic heterocycles. The van der Waals surface area contributed by atoms with Gasteiger partial charge in [0.15, 0.2) is 0 Å². The van der Waals surface area contributed by atoms with E-state index in [1.54, 1.807) is 15.9 Å². The van der Waals surface area contributed by atoms with Crippen LogP contribution < -0.4 is 9.80 Å². The highest BCUT2D eigenvalue weighted by Gasteiger charge is 2.23. The van der Waals surface area contributed by atoms with Gasteiger partial charge < -0.3 is 9.80 Å². The third-order valence-electron chi connectivity index (χ3n) is 4.54. The van der Waals surface area contributed by atoms with Crippen molar-refractivity contribution in [3.8, 4) is 0 Å². The van der Waals surface area contributed by atoms with Crippen molar-refractivity contribution in [3.63, 3.8) is 0 Å². The number of quaternary nitrogens is 2. The summed E-state index contributed by atoms with van der Waals surface area (Å²) >= 11 is 0. The van der Waals surface area contributed by atoms with Crippen molar-refractivity contribution in [2.75, 3.05) is 26.2 Å². The third-order valence-corrected chi connectivity index (χ3v) is 4.54. The van der Waals surface area contributed by atoms with E-state index in [0.717, 1.165) is 31.7 Å². The van der Waals surface area contributed by atoms with Crippen LogP contribution in [0.4, 0.5) is 4.39 Å². The molecule has 3 heteroatoms. The largest absolute Gasteiger partial charge is 0.322 e. The average Bonchev–Trinajstić information content (AvgIpc) is 2.49. The first-order valence-electron chi connectivity index (χ1n) is 8.16. The second-order valence-electron chi connectivity index (χ2n) is 6.47. The van der Waals surface area contributed by atoms with E-state index in [1.807, 2.05) is 12.1 Å². The van der Waals surface area contributed by atoms with Crippen LogP contribution >= 0.6 is 0 Å². The summed E-state index contributed by atoms with van der Waals surface area (Å²) in [5, 5.41) is 0. The van der Waals surface area contributed by atoms with E-state index in [2.05, 4.69) is 31.2 Å². The van der Waals surface area contributed by atoms with Gasteiger partial charge in [-0.2, -0.15) is 0 Å². The van der Waals surface area contributed by atoms with Crippen molar-refractivity contribution in [1.29, 1.82) is 0 Å². The van der Waals surface area contributed by atoms with Crippen molar-refractivity contribution in [2.24, 2.45) is 0 Å². The SMILES string of the molecule is Cc1cccc(C[NH+]2CC[NH+](Cc3cccc(F)c3)CC2)c1. The van der Waals surface area contributed by atoms with Gasteiger partial charge in [-0.15, -0.1) is 0 Å². The molecular formula is C19H25FN2+2. The summed E-state index contributed by atoms with van der Waals surface area (Å²) in [6.45, 7) is 8.93. The normalized spacial score (nSPS) is 21.7. The molecule has 0 spiro atoms. The molecule has 0 bridgehead atoms. The molecule has 116 valence electrons. The van der Waals surface area contributed by atoms with Crippen LogP contribution in [0.15, 0.2) is 48.5 Å². The molecule has 2 N–H and O–H groups in total. The molecular weight excluding hydrogens is 275 g/mol. The lowest BCUT2D eigenvalue weighted by Gasteiger charge is -2.29. The molecule has 0 unspecified atom stereocenters. The number of piperazine rings is 1. The number of hydrogen-bond donors (Lipinski definition) is 2. The van der Waals surface area contributed by atoms with Crippen LogP contribution in [0.3, 0.4) is 0 Å². The zero-order valence-electron chi connectivity index (χ0n) is 13.2. The number of hydrogen-bond acceptors (Lipinski definition) is 0. The van der Waals surface area contributed by atoms with Crippen molar-refractivity contribution in [1.82, 2.24) is 0 Å². The highest BCUT2D eigenvalue weighted by Crippen LogP contribution is 2.02. The standard InChI is InChI=1S/C19H23FN2/c1-16-4-2-5-17(12-16)14-21-8-10-22(11-9-21)15-18-6-3-7-19(20)13-18/h2-7,12-13H,8-11,14-15H2,1H3/p+2. The number of nitrogens with one attached hydrogen (secondary N) is 2. The topological polar surface area (TPSA) is 8.88 Å². The van der Waals surface area contributed by atoms with E-state index in [9.17, 15) is 4.39 Å². The molecule has 0 atom stereocenters. The van der Waals surface area contributed by atoms with E-state index >= 15 is 0 Å². The quantitative estimate of drug-likeness (QED) is 0.819. The molecule has 2 aromatic carbocycles. The Hall–Kier alpha value is -1.71. The monoisotopic (exact) mass is 300 g/mol. The minimum atomic E-state index is -0.124. The highest BCUT2D eigenvalue weighted by molar-refractivity contribution is 5.21. The molecule has 2 nitrogen and oxygen atoms in total. The van der Waals surface area contributed by atoms with E-state index in [4.69, 9.17) is 0 Å². The molecule has 3 rings (SSSR count). The van der Waals surface area contributed by atoms with Crippen molar-refractivity contribution in [3.05, 3.63) is 71.0 Å². The lowest BCUT2D eigenvalue weighted by molar-refractivity contribution is -1.02. The summed E-state index contributed by atoms with van der Waals surface area (Å²) in [4.78, 5) is 3.23. The van der Waals surface area contributed by atoms with Gasteiger partial charge in [0.05, 0.1) is 0 Å². The van der Waals surface area contributed by atoms with E-state index in [0.29, 0.717) is 0 Å². The molecule has 1 saturated heterocycles. The minimum absolute atomic E-state index is 0.124. The van der Waals surface area contributed by atoms with E-state index < -0.39 is 0 Å². The van der Waals surface area contributed by atoms with Crippen LogP contribution in [0.2, 0.25) is 0 Å². The van der Waals surface area contributed by atoms with Crippen LogP contribution in [0.25, 0.3) is 0 Å². The van der Waals surface area contributed by atoms with Gasteiger partial charge in [0.25, 0.3) is 0 Å². The molecule has 1 aliphatic rings. The fourth-order valence-corrected chi connectivity index (χ4v) is 3.36. The first kappa shape index (κ1) is 15.2. The Bertz CT molecular complexity index is 563. The first-order valence-corrected chi connectivity index (χ1v) is 8.16. The van der Waals surface area contributed by atoms with Gasteiger partial charge in [-0.1, -0.05) is 42.0 Å². The predicted molar refractivity (Wildman–Crippen MR) is 86.4 cm³/mol. The van der Waals surface area contributed by atoms with Gasteiger partial charge in [-0.05, 0) is 19.1 Å². The maximum absolute atomic E-state index is 13.2. The summed E-state index contributed by atoms with van der Waals surface area (Å²) in [6, 6.07) is 15.8. The Morgan fingerprint density at radius 1 is 0.818 bits per heavy atom. The molecule has 0 aliphatic carbocycles. The van der Waals surface area contributed by atoms with Crippen LogP contribution in [0.1, 0.15) is 16.7 Å². The maximum atomic E-state index is 13.2. The molecule has 1 aliphatic heterocycles. The number of aryl methyl sites for hydroxylation is 1. The van der Waals surface area contributed by atoms with Gasteiger partial charge in [0, 0.05) is 11.1 Å². The summed E-state index contributed by atoms with van der Waals surface area (Å²) in [5.74, 6) is -0.124. The van der Waals surface area contributed by atoms with Gasteiger partial charge in [0.2, 0.25) is 0 Å². The van der Waals surface area contributed by atoms with Crippen molar-refractivity contribution in [2.45, 2.75) is 20.0 Å². The summed E-state index contributed by atoms with van der Waals surface area (Å²) in [5.41, 5.74) is 3.88. The zero-order valence-corrected chi connectivity index (χ0v) is 13.2. The highest BCUT2D eigenvalue weighted by atomic mass is 19.1. The fraction of sp³-hybridized carbons (Fsp3) is 0.368. The molecule has 22 heavy (non-hydrogen) atoms. The zero-order chi connectivity index (χ0) is 15.4. The summed E-state index contributed by atoms with van der Waals surface area (Å²) < 4.78 is 13.2. The molecule has 1 heterocycles. The summed E-state index contributed by atoms with van der Waals surface area (Å²) in [7, 11) is 0. The van der Waals surface area contributed by atoms with Gasteiger partial charge in [0.1, 0.15) is 45.1 Å². The Morgan fingerprint density at radius 2 is 1.36 bits per heavy atom. The van der Waals surface area contributed by atoms with Crippen LogP contribution in [-0.4, -0.2) is 26.2 Å². The molecule has 0 radical (unpaired) electrons. The van der Waals surface area contributed by atoms with E-state index in [-0.39, 0.29) is 5.82 Å². The van der Waals surface area contributed by atoms with Crippen LogP contribution in [0.5, 0.6) is 0 Å². The molecule has 0 amide bonds. The Kier molecular flexibility index (Phi) is 4.86. The number of benzene rings is 2. The Balaban J connectivity index is 1.50. The number of rotatable bonds is 4. The van der Waals surface area contributed by atoms with Gasteiger partial charge in [-0.25, -0.2) is 4.39 Å². The molecule has 0 saturated carbocycles. The second kappa shape index (κ2) is 7.03. The Morgan fingerprint density at radius 3 is 1.91 bits per heavy atom. The number of halogens is 1. The minimum Gasteiger partial charge on any atom is -0.322 e. The predicted octanol–water partition coefficient (Wildman–Crippen LogP) is 0.618. The summed E-state index contributed by atoms with van der Waals surface area (Å²) in [6.07, 6.45) is 0. The van der Waals surface area contributed by atoms with Crippen molar-refractivity contribution >= 4 is 0 Å². The second-order valence-corrected chi connectivity index (χ2v) is 6.47. The van der Waals surface area contributed by atoms with Crippen LogP contribution in [-0.2, 0) is 13.1 Å². The first-order chi connectivity index (χ1) is 10.7. The maximum Gasteiger partial charge on any atom is 0.127 e. The van der Waals surface area contributed by atoms with Gasteiger partial charge >= 0.3 is 0 Å². The average molecular weight is 300 g/mol. The fourth-order valence-electron chi connectivity index (χ4n) is 3.36. The Labute approximate surface area is 132 Å².